The normalized spacial score (nSPS) is 21.5. The van der Waals surface area contributed by atoms with Gasteiger partial charge in [-0.3, -0.25) is 19.3 Å². The number of rotatable bonds is 4. The maximum atomic E-state index is 12.4. The summed E-state index contributed by atoms with van der Waals surface area (Å²) in [4.78, 5) is 40.1. The van der Waals surface area contributed by atoms with Gasteiger partial charge in [0.15, 0.2) is 5.79 Å². The zero-order chi connectivity index (χ0) is 18.1. The van der Waals surface area contributed by atoms with Crippen LogP contribution in [0.3, 0.4) is 0 Å². The van der Waals surface area contributed by atoms with Crippen LogP contribution in [0.2, 0.25) is 0 Å². The molecule has 138 valence electrons. The third-order valence-corrected chi connectivity index (χ3v) is 5.34. The van der Waals surface area contributed by atoms with Crippen LogP contribution in [-0.4, -0.2) is 66.2 Å². The molecule has 2 fully saturated rings. The highest BCUT2D eigenvalue weighted by atomic mass is 16.7. The van der Waals surface area contributed by atoms with Crippen molar-refractivity contribution in [1.29, 1.82) is 0 Å². The lowest BCUT2D eigenvalue weighted by atomic mass is 10.0. The molecule has 3 amide bonds. The lowest BCUT2D eigenvalue weighted by molar-refractivity contribution is -0.187. The molecular formula is C19H22N2O5. The van der Waals surface area contributed by atoms with Crippen LogP contribution in [0, 0.1) is 0 Å². The van der Waals surface area contributed by atoms with Crippen molar-refractivity contribution in [3.63, 3.8) is 0 Å². The highest BCUT2D eigenvalue weighted by Crippen LogP contribution is 2.31. The van der Waals surface area contributed by atoms with Crippen LogP contribution in [0.25, 0.3) is 0 Å². The zero-order valence-corrected chi connectivity index (χ0v) is 14.6. The number of carbonyl (C=O) groups excluding carboxylic acids is 3. The molecule has 3 heterocycles. The van der Waals surface area contributed by atoms with Crippen LogP contribution in [0.1, 0.15) is 46.4 Å². The average Bonchev–Trinajstić information content (AvgIpc) is 3.21. The fourth-order valence-electron chi connectivity index (χ4n) is 3.87. The van der Waals surface area contributed by atoms with Crippen LogP contribution in [0.15, 0.2) is 24.3 Å². The van der Waals surface area contributed by atoms with Crippen molar-refractivity contribution in [3.8, 4) is 0 Å². The van der Waals surface area contributed by atoms with Crippen LogP contribution in [-0.2, 0) is 14.3 Å². The summed E-state index contributed by atoms with van der Waals surface area (Å²) in [6, 6.07) is 6.82. The number of likely N-dealkylation sites (tertiary alicyclic amines) is 1. The van der Waals surface area contributed by atoms with E-state index in [9.17, 15) is 14.4 Å². The lowest BCUT2D eigenvalue weighted by Gasteiger charge is -2.37. The molecular weight excluding hydrogens is 336 g/mol. The number of imide groups is 1. The molecule has 0 N–H and O–H groups in total. The Hall–Kier alpha value is -2.25. The third-order valence-electron chi connectivity index (χ3n) is 5.34. The maximum absolute atomic E-state index is 12.4. The highest BCUT2D eigenvalue weighted by Gasteiger charge is 2.40. The Morgan fingerprint density at radius 3 is 2.15 bits per heavy atom. The minimum Gasteiger partial charge on any atom is -0.347 e. The molecule has 1 aromatic carbocycles. The second-order valence-corrected chi connectivity index (χ2v) is 6.90. The zero-order valence-electron chi connectivity index (χ0n) is 14.6. The number of amides is 3. The van der Waals surface area contributed by atoms with Crippen molar-refractivity contribution in [2.24, 2.45) is 0 Å². The molecule has 0 aromatic heterocycles. The Bertz CT molecular complexity index is 696. The molecule has 7 nitrogen and oxygen atoms in total. The van der Waals surface area contributed by atoms with Crippen molar-refractivity contribution in [2.75, 3.05) is 32.8 Å². The van der Waals surface area contributed by atoms with Crippen molar-refractivity contribution >= 4 is 17.7 Å². The van der Waals surface area contributed by atoms with Crippen molar-refractivity contribution in [2.45, 2.75) is 31.5 Å². The Labute approximate surface area is 151 Å². The van der Waals surface area contributed by atoms with Gasteiger partial charge in [0.2, 0.25) is 5.91 Å². The molecule has 0 unspecified atom stereocenters. The average molecular weight is 358 g/mol. The molecule has 4 rings (SSSR count). The van der Waals surface area contributed by atoms with E-state index in [0.717, 1.165) is 0 Å². The Morgan fingerprint density at radius 2 is 1.58 bits per heavy atom. The fraction of sp³-hybridized carbons (Fsp3) is 0.526. The molecule has 7 heteroatoms. The van der Waals surface area contributed by atoms with Gasteiger partial charge >= 0.3 is 0 Å². The van der Waals surface area contributed by atoms with E-state index in [1.165, 1.54) is 4.90 Å². The number of nitrogens with zero attached hydrogens (tertiary/aromatic N) is 2. The van der Waals surface area contributed by atoms with Gasteiger partial charge in [-0.15, -0.1) is 0 Å². The van der Waals surface area contributed by atoms with E-state index in [2.05, 4.69) is 0 Å². The number of piperidine rings is 1. The summed E-state index contributed by atoms with van der Waals surface area (Å²) in [6.07, 6.45) is 2.18. The number of ether oxygens (including phenoxy) is 2. The topological polar surface area (TPSA) is 76.2 Å². The van der Waals surface area contributed by atoms with E-state index in [1.54, 1.807) is 24.3 Å². The van der Waals surface area contributed by atoms with Crippen molar-refractivity contribution in [3.05, 3.63) is 35.4 Å². The molecule has 0 saturated carbocycles. The SMILES string of the molecule is O=C(CCCN1C(=O)c2ccccc2C1=O)N1CCC2(CC1)OCCO2. The van der Waals surface area contributed by atoms with Gasteiger partial charge in [0.05, 0.1) is 24.3 Å². The summed E-state index contributed by atoms with van der Waals surface area (Å²) in [5.41, 5.74) is 0.892. The number of fused-ring (bicyclic) bond motifs is 1. The van der Waals surface area contributed by atoms with Gasteiger partial charge in [-0.25, -0.2) is 0 Å². The van der Waals surface area contributed by atoms with Crippen LogP contribution in [0.5, 0.6) is 0 Å². The Kier molecular flexibility index (Phi) is 4.50. The fourth-order valence-corrected chi connectivity index (χ4v) is 3.87. The van der Waals surface area contributed by atoms with Gasteiger partial charge in [0.25, 0.3) is 11.8 Å². The van der Waals surface area contributed by atoms with E-state index >= 15 is 0 Å². The third kappa shape index (κ3) is 3.01. The Balaban J connectivity index is 1.26. The number of hydrogen-bond acceptors (Lipinski definition) is 5. The van der Waals surface area contributed by atoms with Gasteiger partial charge in [0.1, 0.15) is 0 Å². The minimum absolute atomic E-state index is 0.0504. The predicted molar refractivity (Wildman–Crippen MR) is 91.5 cm³/mol. The molecule has 1 spiro atoms. The molecule has 3 aliphatic rings. The quantitative estimate of drug-likeness (QED) is 0.761. The van der Waals surface area contributed by atoms with E-state index in [0.29, 0.717) is 63.1 Å². The minimum atomic E-state index is -0.489. The van der Waals surface area contributed by atoms with Gasteiger partial charge in [-0.1, -0.05) is 12.1 Å². The molecule has 26 heavy (non-hydrogen) atoms. The molecule has 0 aliphatic carbocycles. The molecule has 0 atom stereocenters. The first kappa shape index (κ1) is 17.2. The number of carbonyl (C=O) groups is 3. The van der Waals surface area contributed by atoms with Crippen molar-refractivity contribution < 1.29 is 23.9 Å². The van der Waals surface area contributed by atoms with Crippen LogP contribution >= 0.6 is 0 Å². The Morgan fingerprint density at radius 1 is 1.00 bits per heavy atom. The summed E-state index contributed by atoms with van der Waals surface area (Å²) in [6.45, 7) is 2.74. The van der Waals surface area contributed by atoms with Gasteiger partial charge in [-0.2, -0.15) is 0 Å². The summed E-state index contributed by atoms with van der Waals surface area (Å²) in [5, 5.41) is 0. The first-order valence-corrected chi connectivity index (χ1v) is 9.11. The molecule has 0 bridgehead atoms. The highest BCUT2D eigenvalue weighted by molar-refractivity contribution is 6.21. The lowest BCUT2D eigenvalue weighted by Crippen LogP contribution is -2.47. The number of benzene rings is 1. The van der Waals surface area contributed by atoms with E-state index in [4.69, 9.17) is 9.47 Å². The first-order valence-electron chi connectivity index (χ1n) is 9.11. The standard InChI is InChI=1S/C19H22N2O5/c22-16(20-10-7-19(8-11-20)25-12-13-26-19)6-3-9-21-17(23)14-4-1-2-5-15(14)18(21)24/h1-2,4-5H,3,6-13H2. The van der Waals surface area contributed by atoms with E-state index in [1.807, 2.05) is 4.90 Å². The number of hydrogen-bond donors (Lipinski definition) is 0. The van der Waals surface area contributed by atoms with Crippen molar-refractivity contribution in [1.82, 2.24) is 9.80 Å². The molecule has 3 aliphatic heterocycles. The molecule has 2 saturated heterocycles. The summed E-state index contributed by atoms with van der Waals surface area (Å²) in [5.74, 6) is -0.979. The molecule has 1 aromatic rings. The van der Waals surface area contributed by atoms with E-state index in [-0.39, 0.29) is 24.3 Å². The second-order valence-electron chi connectivity index (χ2n) is 6.90. The second kappa shape index (κ2) is 6.81. The van der Waals surface area contributed by atoms with Gasteiger partial charge < -0.3 is 14.4 Å². The smallest absolute Gasteiger partial charge is 0.261 e. The summed E-state index contributed by atoms with van der Waals surface area (Å²) >= 11 is 0. The summed E-state index contributed by atoms with van der Waals surface area (Å²) < 4.78 is 11.3. The van der Waals surface area contributed by atoms with Crippen LogP contribution < -0.4 is 0 Å². The first-order chi connectivity index (χ1) is 12.6. The summed E-state index contributed by atoms with van der Waals surface area (Å²) in [7, 11) is 0. The maximum Gasteiger partial charge on any atom is 0.261 e. The predicted octanol–water partition coefficient (Wildman–Crippen LogP) is 1.43. The molecule has 0 radical (unpaired) electrons. The monoisotopic (exact) mass is 358 g/mol. The van der Waals surface area contributed by atoms with Gasteiger partial charge in [0, 0.05) is 38.9 Å². The van der Waals surface area contributed by atoms with Gasteiger partial charge in [-0.05, 0) is 18.6 Å². The van der Waals surface area contributed by atoms with Crippen LogP contribution in [0.4, 0.5) is 0 Å². The largest absolute Gasteiger partial charge is 0.347 e. The van der Waals surface area contributed by atoms with E-state index < -0.39 is 5.79 Å².